The smallest absolute Gasteiger partial charge is 0.272 e. The molecule has 0 bridgehead atoms. The predicted molar refractivity (Wildman–Crippen MR) is 95.6 cm³/mol. The summed E-state index contributed by atoms with van der Waals surface area (Å²) in [5, 5.41) is 11.3. The van der Waals surface area contributed by atoms with Crippen LogP contribution in [0.2, 0.25) is 0 Å². The van der Waals surface area contributed by atoms with E-state index >= 15 is 0 Å². The molecule has 0 saturated heterocycles. The zero-order valence-corrected chi connectivity index (χ0v) is 14.9. The van der Waals surface area contributed by atoms with Gasteiger partial charge in [-0.05, 0) is 31.2 Å². The molecule has 0 aliphatic rings. The molecule has 1 aromatic carbocycles. The Labute approximate surface area is 152 Å². The first-order valence-electron chi connectivity index (χ1n) is 7.38. The number of nitrogens with zero attached hydrogens (tertiary/aromatic N) is 1. The van der Waals surface area contributed by atoms with E-state index in [0.717, 1.165) is 12.8 Å². The minimum absolute atomic E-state index is 0.248. The molecule has 23 heavy (non-hydrogen) atoms. The summed E-state index contributed by atoms with van der Waals surface area (Å²) in [7, 11) is 0. The number of alkyl halides is 3. The molecular formula is C17H19Cl3N2O. The zero-order chi connectivity index (χ0) is 17.1. The molecule has 1 atom stereocenters. The maximum Gasteiger partial charge on any atom is 0.272 e. The molecule has 0 aliphatic heterocycles. The van der Waals surface area contributed by atoms with Crippen molar-refractivity contribution < 1.29 is 4.79 Å². The summed E-state index contributed by atoms with van der Waals surface area (Å²) in [6, 6.07) is 12.0. The number of aryl methyl sites for hydroxylation is 1. The van der Waals surface area contributed by atoms with E-state index in [1.165, 1.54) is 5.56 Å². The second-order valence-corrected chi connectivity index (χ2v) is 7.36. The van der Waals surface area contributed by atoms with Gasteiger partial charge in [0.2, 0.25) is 0 Å². The standard InChI is InChI=1S/C17H19Cl3N2O/c18-17(19,20)16(23)22-15(12-6-7-13-21)11-5-4-10-14-8-2-1-3-9-14/h1-3,5,8-9,11,15H,4,6-7,10,12H2,(H,22,23)/b11-5+/t15-/m1/s1. The second-order valence-electron chi connectivity index (χ2n) is 5.08. The Morgan fingerprint density at radius 2 is 2.00 bits per heavy atom. The number of hydrogen-bond acceptors (Lipinski definition) is 2. The van der Waals surface area contributed by atoms with Crippen molar-refractivity contribution in [2.45, 2.75) is 41.9 Å². The first kappa shape index (κ1) is 19.8. The van der Waals surface area contributed by atoms with Crippen molar-refractivity contribution in [1.82, 2.24) is 5.32 Å². The Morgan fingerprint density at radius 1 is 1.30 bits per heavy atom. The number of nitriles is 1. The van der Waals surface area contributed by atoms with Crippen LogP contribution in [-0.2, 0) is 11.2 Å². The third-order valence-corrected chi connectivity index (χ3v) is 3.70. The normalized spacial score (nSPS) is 12.8. The summed E-state index contributed by atoms with van der Waals surface area (Å²) in [6.07, 6.45) is 7.39. The summed E-state index contributed by atoms with van der Waals surface area (Å²) >= 11 is 16.7. The van der Waals surface area contributed by atoms with Crippen LogP contribution in [0.1, 0.15) is 31.2 Å². The van der Waals surface area contributed by atoms with Crippen molar-refractivity contribution >= 4 is 40.7 Å². The number of rotatable bonds is 8. The Morgan fingerprint density at radius 3 is 2.61 bits per heavy atom. The molecule has 0 unspecified atom stereocenters. The lowest BCUT2D eigenvalue weighted by Gasteiger charge is -2.18. The van der Waals surface area contributed by atoms with Crippen molar-refractivity contribution in [2.75, 3.05) is 0 Å². The van der Waals surface area contributed by atoms with Crippen LogP contribution in [0.4, 0.5) is 0 Å². The van der Waals surface area contributed by atoms with Crippen LogP contribution >= 0.6 is 34.8 Å². The SMILES string of the molecule is N#CCCC[C@@H](/C=C/CCc1ccccc1)NC(=O)C(Cl)(Cl)Cl. The molecule has 0 radical (unpaired) electrons. The van der Waals surface area contributed by atoms with Crippen molar-refractivity contribution in [3.05, 3.63) is 48.0 Å². The fraction of sp³-hybridized carbons (Fsp3) is 0.412. The first-order valence-corrected chi connectivity index (χ1v) is 8.52. The number of benzene rings is 1. The van der Waals surface area contributed by atoms with Crippen LogP contribution in [0, 0.1) is 11.3 Å². The Hall–Kier alpha value is -1.21. The molecule has 0 fully saturated rings. The average molecular weight is 374 g/mol. The second kappa shape index (κ2) is 10.5. The van der Waals surface area contributed by atoms with Crippen LogP contribution in [0.15, 0.2) is 42.5 Å². The number of allylic oxidation sites excluding steroid dienone is 1. The average Bonchev–Trinajstić information content (AvgIpc) is 2.51. The van der Waals surface area contributed by atoms with Crippen LogP contribution < -0.4 is 5.32 Å². The van der Waals surface area contributed by atoms with E-state index in [0.29, 0.717) is 19.3 Å². The van der Waals surface area contributed by atoms with Crippen molar-refractivity contribution in [3.63, 3.8) is 0 Å². The van der Waals surface area contributed by atoms with Gasteiger partial charge >= 0.3 is 0 Å². The van der Waals surface area contributed by atoms with Gasteiger partial charge in [0.25, 0.3) is 9.70 Å². The summed E-state index contributed by atoms with van der Waals surface area (Å²) in [5.41, 5.74) is 1.25. The number of hydrogen-bond donors (Lipinski definition) is 1. The highest BCUT2D eigenvalue weighted by Gasteiger charge is 2.31. The minimum atomic E-state index is -1.98. The summed E-state index contributed by atoms with van der Waals surface area (Å²) in [5.74, 6) is -0.655. The largest absolute Gasteiger partial charge is 0.346 e. The van der Waals surface area contributed by atoms with E-state index in [1.807, 2.05) is 30.4 Å². The minimum Gasteiger partial charge on any atom is -0.346 e. The predicted octanol–water partition coefficient (Wildman–Crippen LogP) is 4.72. The van der Waals surface area contributed by atoms with Gasteiger partial charge in [0, 0.05) is 12.5 Å². The highest BCUT2D eigenvalue weighted by atomic mass is 35.6. The molecule has 0 spiro atoms. The molecule has 1 amide bonds. The molecule has 6 heteroatoms. The van der Waals surface area contributed by atoms with Crippen molar-refractivity contribution in [1.29, 1.82) is 5.26 Å². The highest BCUT2D eigenvalue weighted by molar-refractivity contribution is 6.76. The molecule has 0 heterocycles. The van der Waals surface area contributed by atoms with E-state index in [1.54, 1.807) is 0 Å². The number of carbonyl (C=O) groups is 1. The Kier molecular flexibility index (Phi) is 9.09. The molecule has 3 nitrogen and oxygen atoms in total. The van der Waals surface area contributed by atoms with Gasteiger partial charge in [0.1, 0.15) is 0 Å². The topological polar surface area (TPSA) is 52.9 Å². The molecular weight excluding hydrogens is 355 g/mol. The quantitative estimate of drug-likeness (QED) is 0.407. The molecule has 124 valence electrons. The lowest BCUT2D eigenvalue weighted by molar-refractivity contribution is -0.120. The van der Waals surface area contributed by atoms with Gasteiger partial charge in [0.05, 0.1) is 6.07 Å². The van der Waals surface area contributed by atoms with Gasteiger partial charge < -0.3 is 5.32 Å². The van der Waals surface area contributed by atoms with E-state index in [-0.39, 0.29) is 6.04 Å². The van der Waals surface area contributed by atoms with Gasteiger partial charge in [-0.3, -0.25) is 4.79 Å². The lowest BCUT2D eigenvalue weighted by Crippen LogP contribution is -2.40. The van der Waals surface area contributed by atoms with Gasteiger partial charge in [-0.15, -0.1) is 0 Å². The molecule has 0 aromatic heterocycles. The van der Waals surface area contributed by atoms with Gasteiger partial charge in [0.15, 0.2) is 0 Å². The lowest BCUT2D eigenvalue weighted by atomic mass is 10.1. The monoisotopic (exact) mass is 372 g/mol. The Bertz CT molecular complexity index is 547. The molecule has 0 aliphatic carbocycles. The third kappa shape index (κ3) is 8.86. The molecule has 1 rings (SSSR count). The van der Waals surface area contributed by atoms with E-state index < -0.39 is 9.70 Å². The van der Waals surface area contributed by atoms with Gasteiger partial charge in [-0.25, -0.2) is 0 Å². The highest BCUT2D eigenvalue weighted by Crippen LogP contribution is 2.26. The molecule has 0 saturated carbocycles. The zero-order valence-electron chi connectivity index (χ0n) is 12.6. The third-order valence-electron chi connectivity index (χ3n) is 3.19. The van der Waals surface area contributed by atoms with Crippen LogP contribution in [0.3, 0.4) is 0 Å². The number of unbranched alkanes of at least 4 members (excludes halogenated alkanes) is 1. The van der Waals surface area contributed by atoms with Gasteiger partial charge in [-0.1, -0.05) is 77.3 Å². The van der Waals surface area contributed by atoms with E-state index in [2.05, 4.69) is 23.5 Å². The van der Waals surface area contributed by atoms with Crippen molar-refractivity contribution in [2.24, 2.45) is 0 Å². The van der Waals surface area contributed by atoms with Crippen LogP contribution in [0.25, 0.3) is 0 Å². The summed E-state index contributed by atoms with van der Waals surface area (Å²) in [4.78, 5) is 11.8. The molecule has 1 aromatic rings. The maximum atomic E-state index is 11.8. The fourth-order valence-electron chi connectivity index (χ4n) is 2.02. The van der Waals surface area contributed by atoms with E-state index in [4.69, 9.17) is 40.1 Å². The number of amides is 1. The molecule has 1 N–H and O–H groups in total. The fourth-order valence-corrected chi connectivity index (χ4v) is 2.19. The summed E-state index contributed by atoms with van der Waals surface area (Å²) < 4.78 is -1.98. The summed E-state index contributed by atoms with van der Waals surface area (Å²) in [6.45, 7) is 0. The van der Waals surface area contributed by atoms with Crippen LogP contribution in [0.5, 0.6) is 0 Å². The number of halogens is 3. The number of nitrogens with one attached hydrogen (secondary N) is 1. The van der Waals surface area contributed by atoms with Crippen molar-refractivity contribution in [3.8, 4) is 6.07 Å². The first-order chi connectivity index (χ1) is 10.9. The van der Waals surface area contributed by atoms with Crippen LogP contribution in [-0.4, -0.2) is 15.7 Å². The Balaban J connectivity index is 2.52. The maximum absolute atomic E-state index is 11.8. The number of carbonyl (C=O) groups excluding carboxylic acids is 1. The van der Waals surface area contributed by atoms with E-state index in [9.17, 15) is 4.79 Å². The van der Waals surface area contributed by atoms with Gasteiger partial charge in [-0.2, -0.15) is 5.26 Å².